The number of thiophene rings is 2. The monoisotopic (exact) mass is 1840 g/mol. The Hall–Kier alpha value is -16.9. The zero-order valence-corrected chi connectivity index (χ0v) is 75.4. The van der Waals surface area contributed by atoms with Gasteiger partial charge in [-0.1, -0.05) is 97.1 Å². The number of H-pyrrole nitrogens is 4. The SMILES string of the molecule is CC(C)n1cnc2c(NCc3nc4ccccc4[nH]3)nc(Nc3ccncn3)nc21.O=C(CC1CC1)c1ccc(-c2nc(NCc3nc4ccccc4[nH]3)c3ncn(-c4ccsc4)c3n2)cc1.c1ccc(-n2cnc3c(NCc4nc5ccccc5[nH]4)nc(N4CCOCC4)nc32)cc1.c1ccc(N2CCN(c3nc(NCc4nc5ccccc5[nH]4)c4ncn(-c5ccsc5)c4n3)CC2)nc1. The summed E-state index contributed by atoms with van der Waals surface area (Å²) in [5.74, 6) is 10.7. The first kappa shape index (κ1) is 84.6. The van der Waals surface area contributed by atoms with Crippen LogP contribution in [-0.2, 0) is 30.9 Å². The molecule has 1 saturated carbocycles. The lowest BCUT2D eigenvalue weighted by atomic mass is 10.0. The molecular weight excluding hydrogens is 1750 g/mol. The van der Waals surface area contributed by atoms with Crippen molar-refractivity contribution in [1.29, 1.82) is 0 Å². The first-order valence-electron chi connectivity index (χ1n) is 44.8. The Morgan fingerprint density at radius 2 is 0.882 bits per heavy atom. The lowest BCUT2D eigenvalue weighted by Crippen LogP contribution is -2.47. The van der Waals surface area contributed by atoms with Crippen molar-refractivity contribution < 1.29 is 9.53 Å². The molecule has 0 amide bonds. The molecule has 1 aliphatic carbocycles. The number of fused-ring (bicyclic) bond motifs is 8. The van der Waals surface area contributed by atoms with E-state index in [1.165, 1.54) is 19.2 Å². The molecule has 3 fully saturated rings. The standard InChI is InChI=1S/C28H23N7OS.C26H24N10S.C23H22N8O.C20H20N10/c36-23(13-17-5-6-17)18-7-9-19(10-8-18)26-33-27(29-14-24-31-21-3-1-2-4-22(21)32-24)25-28(34-26)35(16-30-25)20-11-12-37-15-20;1-2-6-20-19(5-1)30-21(31-20)15-28-24-23-25(36(17-29-23)18-8-14-37-16-18)33-26(32-24)35-12-10-34(11-13-35)22-7-3-4-9-27-22;1-2-6-16(7-3-1)31-15-25-20-21(24-14-19-26-17-8-4-5-9-18(17)27-19)28-23(29-22(20)31)30-10-12-32-13-11-30;1-12(2)30-11-24-17-18(22-9-16-25-13-5-3-4-6-14(13)26-16)28-20(29-19(17)30)27-15-7-8-21-10-23-15/h1-4,7-12,15-17H,5-6,13-14H2,(H,31,32)(H,29,33,34);1-9,14,16-17H,10-13,15H2,(H,30,31)(H,28,32,33);1-9,15H,10-14H2,(H,26,27)(H,24,28,29);3-8,10-12H,9H2,1-2H3,(H,25,26)(H2,21,22,23,27,28,29). The fourth-order valence-corrected chi connectivity index (χ4v) is 17.6. The van der Waals surface area contributed by atoms with Crippen LogP contribution in [0.3, 0.4) is 0 Å². The van der Waals surface area contributed by atoms with E-state index < -0.39 is 0 Å². The molecule has 39 heteroatoms. The van der Waals surface area contributed by atoms with E-state index in [0.29, 0.717) is 121 Å². The first-order valence-corrected chi connectivity index (χ1v) is 46.6. The molecule has 22 aromatic rings. The van der Waals surface area contributed by atoms with E-state index in [4.69, 9.17) is 39.6 Å². The lowest BCUT2D eigenvalue weighted by molar-refractivity contribution is 0.0976. The van der Waals surface area contributed by atoms with Gasteiger partial charge >= 0.3 is 0 Å². The minimum Gasteiger partial charge on any atom is -0.378 e. The van der Waals surface area contributed by atoms with E-state index >= 15 is 0 Å². The number of nitrogens with zero attached hydrogens (tertiary/aromatic N) is 26. The Bertz CT molecular complexity index is 7780. The van der Waals surface area contributed by atoms with Crippen LogP contribution in [0.2, 0.25) is 0 Å². The molecule has 0 spiro atoms. The average molecular weight is 1840 g/mol. The van der Waals surface area contributed by atoms with Gasteiger partial charge in [0.1, 0.15) is 60.2 Å². The van der Waals surface area contributed by atoms with Gasteiger partial charge < -0.3 is 70.5 Å². The number of hydrogen-bond donors (Lipinski definition) is 9. The Morgan fingerprint density at radius 3 is 1.36 bits per heavy atom. The molecule has 3 aliphatic rings. The van der Waals surface area contributed by atoms with Crippen molar-refractivity contribution in [1.82, 2.24) is 133 Å². The number of anilines is 9. The highest BCUT2D eigenvalue weighted by Gasteiger charge is 2.29. The van der Waals surface area contributed by atoms with Gasteiger partial charge in [0, 0.05) is 91.7 Å². The lowest BCUT2D eigenvalue weighted by Gasteiger charge is -2.35. The van der Waals surface area contributed by atoms with E-state index in [9.17, 15) is 4.79 Å². The summed E-state index contributed by atoms with van der Waals surface area (Å²) in [6.07, 6.45) is 15.1. The van der Waals surface area contributed by atoms with Crippen molar-refractivity contribution in [3.05, 3.63) is 282 Å². The van der Waals surface area contributed by atoms with Crippen LogP contribution in [0.25, 0.3) is 117 Å². The van der Waals surface area contributed by atoms with Crippen LogP contribution in [0.5, 0.6) is 0 Å². The number of rotatable bonds is 25. The Kier molecular flexibility index (Phi) is 23.7. The summed E-state index contributed by atoms with van der Waals surface area (Å²) in [7, 11) is 0. The maximum Gasteiger partial charge on any atom is 0.232 e. The summed E-state index contributed by atoms with van der Waals surface area (Å²) in [5, 5.41) is 25.0. The third-order valence-electron chi connectivity index (χ3n) is 23.5. The highest BCUT2D eigenvalue weighted by molar-refractivity contribution is 7.08. The summed E-state index contributed by atoms with van der Waals surface area (Å²) < 4.78 is 13.5. The minimum atomic E-state index is 0.203. The molecule has 25 rings (SSSR count). The van der Waals surface area contributed by atoms with Gasteiger partial charge in [0.15, 0.2) is 79.5 Å². The number of para-hydroxylation sites is 9. The third kappa shape index (κ3) is 18.5. The molecule has 18 heterocycles. The highest BCUT2D eigenvalue weighted by atomic mass is 32.1. The van der Waals surface area contributed by atoms with Crippen LogP contribution in [0.4, 0.5) is 52.8 Å². The molecule has 0 unspecified atom stereocenters. The number of morpholine rings is 1. The molecule has 0 atom stereocenters. The van der Waals surface area contributed by atoms with Crippen LogP contribution in [0.1, 0.15) is 72.8 Å². The van der Waals surface area contributed by atoms with Gasteiger partial charge in [-0.05, 0) is 134 Å². The molecule has 6 aromatic carbocycles. The predicted molar refractivity (Wildman–Crippen MR) is 529 cm³/mol. The first-order chi connectivity index (χ1) is 67.0. The third-order valence-corrected chi connectivity index (χ3v) is 24.8. The second-order valence-electron chi connectivity index (χ2n) is 33.0. The van der Waals surface area contributed by atoms with E-state index in [2.05, 4.69) is 163 Å². The largest absolute Gasteiger partial charge is 0.378 e. The van der Waals surface area contributed by atoms with Crippen LogP contribution >= 0.6 is 22.7 Å². The van der Waals surface area contributed by atoms with E-state index in [-0.39, 0.29) is 11.8 Å². The molecular formula is C97H89N35O2S2. The molecule has 0 bridgehead atoms. The smallest absolute Gasteiger partial charge is 0.232 e. The fourth-order valence-electron chi connectivity index (χ4n) is 16.3. The molecule has 37 nitrogen and oxygen atoms in total. The summed E-state index contributed by atoms with van der Waals surface area (Å²) in [6, 6.07) is 61.7. The van der Waals surface area contributed by atoms with Crippen molar-refractivity contribution in [2.24, 2.45) is 5.92 Å². The molecule has 2 saturated heterocycles. The number of ether oxygens (including phenoxy) is 1. The quantitative estimate of drug-likeness (QED) is 0.0240. The number of Topliss-reactive ketones (excluding diaryl/α,β-unsaturated/α-hetero) is 1. The number of pyridine rings is 1. The topological polar surface area (TPSA) is 424 Å². The van der Waals surface area contributed by atoms with Gasteiger partial charge in [-0.3, -0.25) is 18.5 Å². The van der Waals surface area contributed by atoms with Crippen molar-refractivity contribution in [3.63, 3.8) is 0 Å². The van der Waals surface area contributed by atoms with E-state index in [0.717, 1.165) is 169 Å². The number of imidazole rings is 8. The number of ketones is 1. The average Bonchev–Trinajstić information content (AvgIpc) is 1.47. The number of carbonyl (C=O) groups excluding carboxylic acids is 1. The van der Waals surface area contributed by atoms with Gasteiger partial charge in [-0.15, -0.1) is 0 Å². The van der Waals surface area contributed by atoms with Crippen molar-refractivity contribution in [3.8, 4) is 28.5 Å². The predicted octanol–water partition coefficient (Wildman–Crippen LogP) is 16.7. The van der Waals surface area contributed by atoms with E-state index in [1.54, 1.807) is 53.9 Å². The van der Waals surface area contributed by atoms with Crippen LogP contribution in [-0.4, -0.2) is 191 Å². The second kappa shape index (κ2) is 38.1. The van der Waals surface area contributed by atoms with Crippen molar-refractivity contribution in [2.75, 3.05) is 93.8 Å². The highest BCUT2D eigenvalue weighted by Crippen LogP contribution is 2.36. The second-order valence-corrected chi connectivity index (χ2v) is 34.5. The number of benzene rings is 6. The zero-order chi connectivity index (χ0) is 91.2. The normalized spacial score (nSPS) is 13.4. The Morgan fingerprint density at radius 1 is 0.419 bits per heavy atom. The number of hydrogen-bond acceptors (Lipinski definition) is 31. The molecule has 16 aromatic heterocycles. The van der Waals surface area contributed by atoms with Crippen LogP contribution in [0, 0.1) is 5.92 Å². The number of aromatic amines is 4. The molecule has 0 radical (unpaired) electrons. The fraction of sp³-hybridized carbons (Fsp3) is 0.196. The minimum absolute atomic E-state index is 0.203. The summed E-state index contributed by atoms with van der Waals surface area (Å²) >= 11 is 3.27. The van der Waals surface area contributed by atoms with Crippen LogP contribution in [0.15, 0.2) is 254 Å². The van der Waals surface area contributed by atoms with Gasteiger partial charge in [0.25, 0.3) is 0 Å². The maximum atomic E-state index is 12.5. The summed E-state index contributed by atoms with van der Waals surface area (Å²) in [4.78, 5) is 121. The number of aromatic nitrogens is 27. The zero-order valence-electron chi connectivity index (χ0n) is 73.8. The molecule has 2 aliphatic heterocycles. The van der Waals surface area contributed by atoms with Gasteiger partial charge in [0.2, 0.25) is 17.8 Å². The van der Waals surface area contributed by atoms with Gasteiger partial charge in [-0.2, -0.15) is 52.6 Å². The summed E-state index contributed by atoms with van der Waals surface area (Å²) in [6.45, 7) is 12.3. The van der Waals surface area contributed by atoms with Crippen molar-refractivity contribution in [2.45, 2.75) is 65.3 Å². The van der Waals surface area contributed by atoms with Gasteiger partial charge in [0.05, 0.1) is 101 Å². The number of nitrogens with one attached hydrogen (secondary N) is 9. The number of carbonyl (C=O) groups is 1. The number of piperazine rings is 1. The van der Waals surface area contributed by atoms with Crippen LogP contribution < -0.4 is 41.3 Å². The Labute approximate surface area is 783 Å². The van der Waals surface area contributed by atoms with Gasteiger partial charge in [-0.25, -0.2) is 64.8 Å². The summed E-state index contributed by atoms with van der Waals surface area (Å²) in [5.41, 5.74) is 18.2. The maximum absolute atomic E-state index is 12.5. The van der Waals surface area contributed by atoms with E-state index in [1.807, 2.05) is 206 Å². The Balaban J connectivity index is 0.000000105. The molecule has 9 N–H and O–H groups in total. The molecule has 136 heavy (non-hydrogen) atoms. The van der Waals surface area contributed by atoms with Crippen molar-refractivity contribution >= 4 is 170 Å². The molecule has 676 valence electrons.